The zero-order valence-corrected chi connectivity index (χ0v) is 20.7. The van der Waals surface area contributed by atoms with Crippen molar-refractivity contribution in [1.29, 1.82) is 0 Å². The maximum absolute atomic E-state index is 13.2. The van der Waals surface area contributed by atoms with Crippen molar-refractivity contribution in [2.24, 2.45) is 0 Å². The van der Waals surface area contributed by atoms with E-state index in [4.69, 9.17) is 21.7 Å². The molecule has 1 fully saturated rings. The summed E-state index contributed by atoms with van der Waals surface area (Å²) >= 11 is 5.76. The third kappa shape index (κ3) is 6.48. The van der Waals surface area contributed by atoms with Crippen LogP contribution in [0, 0.1) is 11.6 Å². The number of anilines is 2. The molecule has 1 amide bonds. The van der Waals surface area contributed by atoms with E-state index in [0.29, 0.717) is 28.8 Å². The molecule has 3 aromatic rings. The highest BCUT2D eigenvalue weighted by Gasteiger charge is 2.21. The van der Waals surface area contributed by atoms with E-state index in [1.807, 2.05) is 19.1 Å². The number of carbonyl (C=O) groups excluding carboxylic acids is 1. The fraction of sp³-hybridized carbons (Fsp3) is 0.259. The molecule has 36 heavy (non-hydrogen) atoms. The van der Waals surface area contributed by atoms with Crippen molar-refractivity contribution in [2.45, 2.75) is 6.92 Å². The molecule has 1 saturated heterocycles. The molecule has 1 N–H and O–H groups in total. The lowest BCUT2D eigenvalue weighted by atomic mass is 10.1. The minimum atomic E-state index is -0.377. The first-order valence-corrected chi connectivity index (χ1v) is 12.1. The van der Waals surface area contributed by atoms with Crippen LogP contribution < -0.4 is 19.7 Å². The number of hydrogen-bond donors (Lipinski definition) is 1. The number of piperazine rings is 1. The van der Waals surface area contributed by atoms with Gasteiger partial charge in [0.1, 0.15) is 16.6 Å². The molecule has 0 unspecified atom stereocenters. The van der Waals surface area contributed by atoms with Crippen LogP contribution in [0.15, 0.2) is 66.7 Å². The fourth-order valence-corrected chi connectivity index (χ4v) is 4.21. The normalized spacial score (nSPS) is 13.3. The maximum atomic E-state index is 13.2. The van der Waals surface area contributed by atoms with Gasteiger partial charge in [0.05, 0.1) is 6.61 Å². The Hall–Kier alpha value is -3.72. The van der Waals surface area contributed by atoms with E-state index in [1.54, 1.807) is 18.2 Å². The van der Waals surface area contributed by atoms with Crippen molar-refractivity contribution in [3.05, 3.63) is 83.9 Å². The van der Waals surface area contributed by atoms with Gasteiger partial charge in [-0.3, -0.25) is 4.79 Å². The molecule has 0 atom stereocenters. The zero-order chi connectivity index (χ0) is 25.5. The summed E-state index contributed by atoms with van der Waals surface area (Å²) in [5, 5.41) is 2.66. The standard InChI is InChI=1S/C27H27F2N3O3S/c1-2-34-25-17-19(3-12-24(25)35-18-26(33)30-22-8-4-20(28)5-9-22)27(36)32-15-13-31(14-16-32)23-10-6-21(29)7-11-23/h3-12,17H,2,13-16,18H2,1H3,(H,30,33). The molecule has 1 aliphatic heterocycles. The summed E-state index contributed by atoms with van der Waals surface area (Å²) < 4.78 is 37.7. The predicted molar refractivity (Wildman–Crippen MR) is 140 cm³/mol. The number of carbonyl (C=O) groups is 1. The number of nitrogens with zero attached hydrogens (tertiary/aromatic N) is 2. The van der Waals surface area contributed by atoms with Crippen LogP contribution in [0.1, 0.15) is 12.5 Å². The van der Waals surface area contributed by atoms with Crippen molar-refractivity contribution in [1.82, 2.24) is 4.90 Å². The number of rotatable bonds is 8. The Balaban J connectivity index is 1.35. The van der Waals surface area contributed by atoms with Gasteiger partial charge in [0.25, 0.3) is 5.91 Å². The van der Waals surface area contributed by atoms with Crippen molar-refractivity contribution in [3.63, 3.8) is 0 Å². The van der Waals surface area contributed by atoms with E-state index >= 15 is 0 Å². The number of benzene rings is 3. The molecule has 1 aliphatic rings. The summed E-state index contributed by atoms with van der Waals surface area (Å²) in [6.45, 7) is 5.08. The van der Waals surface area contributed by atoms with Crippen molar-refractivity contribution >= 4 is 34.5 Å². The second-order valence-corrected chi connectivity index (χ2v) is 8.58. The average Bonchev–Trinajstić information content (AvgIpc) is 2.89. The van der Waals surface area contributed by atoms with Gasteiger partial charge < -0.3 is 24.6 Å². The molecule has 3 aromatic carbocycles. The number of nitrogens with one attached hydrogen (secondary N) is 1. The summed E-state index contributed by atoms with van der Waals surface area (Å²) in [5.41, 5.74) is 2.30. The Morgan fingerprint density at radius 2 is 1.53 bits per heavy atom. The zero-order valence-electron chi connectivity index (χ0n) is 19.9. The van der Waals surface area contributed by atoms with Crippen LogP contribution >= 0.6 is 12.2 Å². The molecule has 0 spiro atoms. The topological polar surface area (TPSA) is 54.0 Å². The second kappa shape index (κ2) is 11.8. The quantitative estimate of drug-likeness (QED) is 0.435. The summed E-state index contributed by atoms with van der Waals surface area (Å²) in [4.78, 5) is 17.3. The molecule has 9 heteroatoms. The summed E-state index contributed by atoms with van der Waals surface area (Å²) in [7, 11) is 0. The van der Waals surface area contributed by atoms with Crippen LogP contribution in [-0.2, 0) is 4.79 Å². The van der Waals surface area contributed by atoms with Gasteiger partial charge in [-0.25, -0.2) is 8.78 Å². The highest BCUT2D eigenvalue weighted by Crippen LogP contribution is 2.30. The van der Waals surface area contributed by atoms with E-state index in [-0.39, 0.29) is 24.1 Å². The van der Waals surface area contributed by atoms with Crippen LogP contribution in [0.25, 0.3) is 0 Å². The molecular formula is C27H27F2N3O3S. The van der Waals surface area contributed by atoms with Crippen LogP contribution in [0.2, 0.25) is 0 Å². The van der Waals surface area contributed by atoms with Gasteiger partial charge in [-0.1, -0.05) is 12.2 Å². The smallest absolute Gasteiger partial charge is 0.262 e. The summed E-state index contributed by atoms with van der Waals surface area (Å²) in [6, 6.07) is 17.4. The van der Waals surface area contributed by atoms with E-state index < -0.39 is 0 Å². The molecular weight excluding hydrogens is 484 g/mol. The molecule has 6 nitrogen and oxygen atoms in total. The van der Waals surface area contributed by atoms with Crippen LogP contribution in [0.3, 0.4) is 0 Å². The number of thiocarbonyl (C=S) groups is 1. The van der Waals surface area contributed by atoms with Gasteiger partial charge in [-0.05, 0) is 73.7 Å². The van der Waals surface area contributed by atoms with E-state index in [2.05, 4.69) is 15.1 Å². The van der Waals surface area contributed by atoms with Crippen molar-refractivity contribution < 1.29 is 23.0 Å². The first-order valence-electron chi connectivity index (χ1n) is 11.7. The highest BCUT2D eigenvalue weighted by molar-refractivity contribution is 7.80. The Kier molecular flexibility index (Phi) is 8.32. The Labute approximate surface area is 214 Å². The molecule has 0 radical (unpaired) electrons. The third-order valence-corrected chi connectivity index (χ3v) is 6.23. The minimum Gasteiger partial charge on any atom is -0.490 e. The Morgan fingerprint density at radius 1 is 0.889 bits per heavy atom. The van der Waals surface area contributed by atoms with Gasteiger partial charge in [0, 0.05) is 43.1 Å². The van der Waals surface area contributed by atoms with Crippen LogP contribution in [0.4, 0.5) is 20.2 Å². The SMILES string of the molecule is CCOc1cc(C(=S)N2CCN(c3ccc(F)cc3)CC2)ccc1OCC(=O)Nc1ccc(F)cc1. The van der Waals surface area contributed by atoms with Crippen molar-refractivity contribution in [3.8, 4) is 11.5 Å². The lowest BCUT2D eigenvalue weighted by Crippen LogP contribution is -2.48. The monoisotopic (exact) mass is 511 g/mol. The lowest BCUT2D eigenvalue weighted by Gasteiger charge is -2.37. The van der Waals surface area contributed by atoms with Crippen LogP contribution in [-0.4, -0.2) is 55.2 Å². The number of ether oxygens (including phenoxy) is 2. The number of halogens is 2. The maximum Gasteiger partial charge on any atom is 0.262 e. The molecule has 0 aromatic heterocycles. The van der Waals surface area contributed by atoms with E-state index in [1.165, 1.54) is 36.4 Å². The lowest BCUT2D eigenvalue weighted by molar-refractivity contribution is -0.118. The first-order chi connectivity index (χ1) is 17.4. The van der Waals surface area contributed by atoms with Gasteiger partial charge >= 0.3 is 0 Å². The van der Waals surface area contributed by atoms with Gasteiger partial charge in [0.2, 0.25) is 0 Å². The Bertz CT molecular complexity index is 1200. The van der Waals surface area contributed by atoms with E-state index in [0.717, 1.165) is 37.4 Å². The minimum absolute atomic E-state index is 0.230. The summed E-state index contributed by atoms with van der Waals surface area (Å²) in [6.07, 6.45) is 0. The van der Waals surface area contributed by atoms with E-state index in [9.17, 15) is 13.6 Å². The number of amides is 1. The largest absolute Gasteiger partial charge is 0.490 e. The highest BCUT2D eigenvalue weighted by atomic mass is 32.1. The molecule has 4 rings (SSSR count). The van der Waals surface area contributed by atoms with Crippen LogP contribution in [0.5, 0.6) is 11.5 Å². The van der Waals surface area contributed by atoms with Crippen molar-refractivity contribution in [2.75, 3.05) is 49.6 Å². The molecule has 188 valence electrons. The Morgan fingerprint density at radius 3 is 2.17 bits per heavy atom. The average molecular weight is 512 g/mol. The van der Waals surface area contributed by atoms with Gasteiger partial charge in [-0.2, -0.15) is 0 Å². The number of hydrogen-bond acceptors (Lipinski definition) is 5. The first kappa shape index (κ1) is 25.4. The molecule has 1 heterocycles. The molecule has 0 aliphatic carbocycles. The van der Waals surface area contributed by atoms with Gasteiger partial charge in [-0.15, -0.1) is 0 Å². The molecule has 0 bridgehead atoms. The van der Waals surface area contributed by atoms with Gasteiger partial charge in [0.15, 0.2) is 18.1 Å². The predicted octanol–water partition coefficient (Wildman–Crippen LogP) is 4.88. The fourth-order valence-electron chi connectivity index (χ4n) is 3.90. The third-order valence-electron chi connectivity index (χ3n) is 5.74. The summed E-state index contributed by atoms with van der Waals surface area (Å²) in [5.74, 6) is -0.0682. The second-order valence-electron chi connectivity index (χ2n) is 8.19. The molecule has 0 saturated carbocycles.